The number of likely N-dealkylation sites (N-methyl/N-ethyl adjacent to an activating group) is 1. The van der Waals surface area contributed by atoms with E-state index in [1.54, 1.807) is 12.1 Å². The van der Waals surface area contributed by atoms with Gasteiger partial charge in [0.2, 0.25) is 0 Å². The van der Waals surface area contributed by atoms with Crippen molar-refractivity contribution in [3.05, 3.63) is 59.4 Å². The van der Waals surface area contributed by atoms with Crippen molar-refractivity contribution >= 4 is 0 Å². The zero-order valence-electron chi connectivity index (χ0n) is 15.2. The molecule has 1 aliphatic heterocycles. The maximum Gasteiger partial charge on any atom is 0.127 e. The molecule has 1 saturated heterocycles. The number of hydrogen-bond donors (Lipinski definition) is 0. The monoisotopic (exact) mass is 342 g/mol. The van der Waals surface area contributed by atoms with Gasteiger partial charge >= 0.3 is 0 Å². The van der Waals surface area contributed by atoms with Gasteiger partial charge in [-0.1, -0.05) is 25.1 Å². The van der Waals surface area contributed by atoms with Crippen LogP contribution in [0.15, 0.2) is 36.7 Å². The molecule has 0 N–H and O–H groups in total. The Balaban J connectivity index is 1.57. The second-order valence-corrected chi connectivity index (χ2v) is 6.90. The molecule has 5 heteroatoms. The Labute approximate surface area is 149 Å². The molecule has 1 aromatic carbocycles. The molecule has 0 radical (unpaired) electrons. The Morgan fingerprint density at radius 3 is 2.72 bits per heavy atom. The van der Waals surface area contributed by atoms with Crippen LogP contribution in [0.5, 0.6) is 0 Å². The first-order chi connectivity index (χ1) is 12.2. The molecule has 4 nitrogen and oxygen atoms in total. The summed E-state index contributed by atoms with van der Waals surface area (Å²) in [5.41, 5.74) is 1.93. The minimum absolute atomic E-state index is 0.105. The molecule has 0 spiro atoms. The molecular formula is C20H27FN4. The molecule has 1 aromatic heterocycles. The standard InChI is InChI=1S/C20H27FN4/c1-3-20-22-11-16(12-23-20)13-24(2)18-8-6-10-25(15-18)14-17-7-4-5-9-19(17)21/h4-5,7,9,11-12,18H,3,6,8,10,13-15H2,1-2H3. The van der Waals surface area contributed by atoms with Gasteiger partial charge in [0.15, 0.2) is 0 Å². The van der Waals surface area contributed by atoms with E-state index in [4.69, 9.17) is 0 Å². The molecule has 0 aliphatic carbocycles. The average Bonchev–Trinajstić information content (AvgIpc) is 2.64. The van der Waals surface area contributed by atoms with E-state index >= 15 is 0 Å². The van der Waals surface area contributed by atoms with Crippen molar-refractivity contribution in [2.45, 2.75) is 45.3 Å². The number of nitrogens with zero attached hydrogens (tertiary/aromatic N) is 4. The molecular weight excluding hydrogens is 315 g/mol. The lowest BCUT2D eigenvalue weighted by atomic mass is 10.0. The summed E-state index contributed by atoms with van der Waals surface area (Å²) >= 11 is 0. The number of hydrogen-bond acceptors (Lipinski definition) is 4. The first-order valence-electron chi connectivity index (χ1n) is 9.11. The fourth-order valence-corrected chi connectivity index (χ4v) is 3.46. The van der Waals surface area contributed by atoms with Gasteiger partial charge in [-0.2, -0.15) is 0 Å². The lowest BCUT2D eigenvalue weighted by Gasteiger charge is -2.37. The SMILES string of the molecule is CCc1ncc(CN(C)C2CCCN(Cc3ccccc3F)C2)cn1. The summed E-state index contributed by atoms with van der Waals surface area (Å²) in [6.07, 6.45) is 7.06. The Bertz CT molecular complexity index is 674. The second-order valence-electron chi connectivity index (χ2n) is 6.90. The minimum atomic E-state index is -0.105. The maximum atomic E-state index is 13.9. The molecule has 0 amide bonds. The van der Waals surface area contributed by atoms with Crippen LogP contribution in [0.3, 0.4) is 0 Å². The van der Waals surface area contributed by atoms with E-state index in [0.29, 0.717) is 12.6 Å². The zero-order valence-corrected chi connectivity index (χ0v) is 15.2. The molecule has 1 fully saturated rings. The number of aromatic nitrogens is 2. The Kier molecular flexibility index (Phi) is 6.10. The molecule has 1 unspecified atom stereocenters. The van der Waals surface area contributed by atoms with E-state index in [9.17, 15) is 4.39 Å². The van der Waals surface area contributed by atoms with E-state index in [1.165, 1.54) is 6.42 Å². The summed E-state index contributed by atoms with van der Waals surface area (Å²) in [5.74, 6) is 0.784. The van der Waals surface area contributed by atoms with Crippen molar-refractivity contribution in [1.29, 1.82) is 0 Å². The molecule has 25 heavy (non-hydrogen) atoms. The van der Waals surface area contributed by atoms with Crippen LogP contribution in [-0.2, 0) is 19.5 Å². The van der Waals surface area contributed by atoms with Gasteiger partial charge in [-0.25, -0.2) is 14.4 Å². The van der Waals surface area contributed by atoms with Crippen molar-refractivity contribution < 1.29 is 4.39 Å². The van der Waals surface area contributed by atoms with Crippen molar-refractivity contribution in [3.63, 3.8) is 0 Å². The third-order valence-corrected chi connectivity index (χ3v) is 4.96. The lowest BCUT2D eigenvalue weighted by molar-refractivity contribution is 0.106. The van der Waals surface area contributed by atoms with E-state index in [1.807, 2.05) is 24.5 Å². The molecule has 2 aromatic rings. The number of likely N-dealkylation sites (tertiary alicyclic amines) is 1. The minimum Gasteiger partial charge on any atom is -0.298 e. The topological polar surface area (TPSA) is 32.3 Å². The third-order valence-electron chi connectivity index (χ3n) is 4.96. The van der Waals surface area contributed by atoms with Crippen LogP contribution < -0.4 is 0 Å². The predicted molar refractivity (Wildman–Crippen MR) is 97.6 cm³/mol. The largest absolute Gasteiger partial charge is 0.298 e. The number of rotatable bonds is 6. The highest BCUT2D eigenvalue weighted by atomic mass is 19.1. The molecule has 1 atom stereocenters. The summed E-state index contributed by atoms with van der Waals surface area (Å²) in [6, 6.07) is 7.56. The van der Waals surface area contributed by atoms with Gasteiger partial charge in [0.1, 0.15) is 11.6 Å². The van der Waals surface area contributed by atoms with Gasteiger partial charge in [-0.05, 0) is 32.5 Å². The normalized spacial score (nSPS) is 18.6. The number of benzene rings is 1. The van der Waals surface area contributed by atoms with Crippen molar-refractivity contribution in [2.75, 3.05) is 20.1 Å². The molecule has 2 heterocycles. The van der Waals surface area contributed by atoms with E-state index in [-0.39, 0.29) is 5.82 Å². The van der Waals surface area contributed by atoms with Crippen molar-refractivity contribution in [3.8, 4) is 0 Å². The molecule has 0 bridgehead atoms. The van der Waals surface area contributed by atoms with E-state index < -0.39 is 0 Å². The average molecular weight is 342 g/mol. The maximum absolute atomic E-state index is 13.9. The van der Waals surface area contributed by atoms with Crippen molar-refractivity contribution in [1.82, 2.24) is 19.8 Å². The van der Waals surface area contributed by atoms with Gasteiger partial charge in [-0.15, -0.1) is 0 Å². The zero-order chi connectivity index (χ0) is 17.6. The Hall–Kier alpha value is -1.85. The van der Waals surface area contributed by atoms with Crippen LogP contribution in [0.25, 0.3) is 0 Å². The van der Waals surface area contributed by atoms with Gasteiger partial charge in [0, 0.05) is 55.6 Å². The molecule has 3 rings (SSSR count). The summed E-state index contributed by atoms with van der Waals surface area (Å²) in [5, 5.41) is 0. The summed E-state index contributed by atoms with van der Waals surface area (Å²) in [4.78, 5) is 13.5. The van der Waals surface area contributed by atoms with Crippen LogP contribution in [0, 0.1) is 5.82 Å². The van der Waals surface area contributed by atoms with Crippen LogP contribution >= 0.6 is 0 Å². The van der Waals surface area contributed by atoms with E-state index in [2.05, 4.69) is 33.7 Å². The van der Waals surface area contributed by atoms with Gasteiger partial charge < -0.3 is 0 Å². The highest BCUT2D eigenvalue weighted by Crippen LogP contribution is 2.19. The second kappa shape index (κ2) is 8.50. The van der Waals surface area contributed by atoms with Crippen LogP contribution in [0.1, 0.15) is 36.7 Å². The Morgan fingerprint density at radius 2 is 2.00 bits per heavy atom. The first kappa shape index (κ1) is 18.0. The van der Waals surface area contributed by atoms with Gasteiger partial charge in [-0.3, -0.25) is 9.80 Å². The quantitative estimate of drug-likeness (QED) is 0.806. The number of piperidine rings is 1. The molecule has 1 aliphatic rings. The summed E-state index contributed by atoms with van der Waals surface area (Å²) in [7, 11) is 2.16. The third kappa shape index (κ3) is 4.83. The van der Waals surface area contributed by atoms with Crippen LogP contribution in [-0.4, -0.2) is 45.9 Å². The summed E-state index contributed by atoms with van der Waals surface area (Å²) < 4.78 is 13.9. The Morgan fingerprint density at radius 1 is 1.24 bits per heavy atom. The highest BCUT2D eigenvalue weighted by molar-refractivity contribution is 5.17. The summed E-state index contributed by atoms with van der Waals surface area (Å²) in [6.45, 7) is 5.60. The molecule has 134 valence electrons. The van der Waals surface area contributed by atoms with Gasteiger partial charge in [0.05, 0.1) is 0 Å². The predicted octanol–water partition coefficient (Wildman–Crippen LogP) is 3.27. The smallest absolute Gasteiger partial charge is 0.127 e. The van der Waals surface area contributed by atoms with Crippen LogP contribution in [0.4, 0.5) is 4.39 Å². The fraction of sp³-hybridized carbons (Fsp3) is 0.500. The highest BCUT2D eigenvalue weighted by Gasteiger charge is 2.24. The molecule has 0 saturated carbocycles. The van der Waals surface area contributed by atoms with E-state index in [0.717, 1.165) is 49.4 Å². The fourth-order valence-electron chi connectivity index (χ4n) is 3.46. The number of aryl methyl sites for hydroxylation is 1. The van der Waals surface area contributed by atoms with Gasteiger partial charge in [0.25, 0.3) is 0 Å². The van der Waals surface area contributed by atoms with Crippen LogP contribution in [0.2, 0.25) is 0 Å². The number of halogens is 1. The first-order valence-corrected chi connectivity index (χ1v) is 9.11. The lowest BCUT2D eigenvalue weighted by Crippen LogP contribution is -2.45. The van der Waals surface area contributed by atoms with Crippen molar-refractivity contribution in [2.24, 2.45) is 0 Å².